The van der Waals surface area contributed by atoms with Crippen molar-refractivity contribution in [1.29, 1.82) is 0 Å². The highest BCUT2D eigenvalue weighted by Crippen LogP contribution is 2.20. The minimum absolute atomic E-state index is 0.106. The van der Waals surface area contributed by atoms with Crippen molar-refractivity contribution < 1.29 is 14.0 Å². The first-order valence-electron chi connectivity index (χ1n) is 5.41. The van der Waals surface area contributed by atoms with Gasteiger partial charge in [-0.1, -0.05) is 0 Å². The van der Waals surface area contributed by atoms with Crippen LogP contribution in [0.1, 0.15) is 18.4 Å². The second-order valence-corrected chi connectivity index (χ2v) is 4.21. The molecule has 5 nitrogen and oxygen atoms in total. The number of halogens is 2. The zero-order valence-electron chi connectivity index (χ0n) is 9.37. The predicted molar refractivity (Wildman–Crippen MR) is 63.5 cm³/mol. The highest BCUT2D eigenvalue weighted by atomic mass is 35.5. The SMILES string of the molecule is O=C1CCC(Nc2cnc(F)cc2CCl)C(=O)N1. The van der Waals surface area contributed by atoms with Crippen molar-refractivity contribution in [3.63, 3.8) is 0 Å². The second-order valence-electron chi connectivity index (χ2n) is 3.95. The van der Waals surface area contributed by atoms with Crippen molar-refractivity contribution in [1.82, 2.24) is 10.3 Å². The Morgan fingerprint density at radius 1 is 1.56 bits per heavy atom. The number of aromatic nitrogens is 1. The van der Waals surface area contributed by atoms with Crippen molar-refractivity contribution in [3.05, 3.63) is 23.8 Å². The van der Waals surface area contributed by atoms with Gasteiger partial charge in [-0.15, -0.1) is 11.6 Å². The van der Waals surface area contributed by atoms with Gasteiger partial charge in [-0.25, -0.2) is 4.98 Å². The molecule has 1 aliphatic rings. The highest BCUT2D eigenvalue weighted by Gasteiger charge is 2.26. The average Bonchev–Trinajstić information content (AvgIpc) is 2.34. The molecule has 0 aliphatic carbocycles. The molecule has 2 heterocycles. The Kier molecular flexibility index (Phi) is 3.76. The lowest BCUT2D eigenvalue weighted by atomic mass is 10.1. The van der Waals surface area contributed by atoms with Crippen LogP contribution in [0.15, 0.2) is 12.3 Å². The molecule has 96 valence electrons. The van der Waals surface area contributed by atoms with Gasteiger partial charge in [-0.05, 0) is 18.1 Å². The summed E-state index contributed by atoms with van der Waals surface area (Å²) in [6.45, 7) is 0. The molecule has 0 saturated carbocycles. The standard InChI is InChI=1S/C11H11ClFN3O2/c12-4-6-3-9(13)14-5-8(6)15-7-1-2-10(17)16-11(7)18/h3,5,7,15H,1-2,4H2,(H,16,17,18). The largest absolute Gasteiger partial charge is 0.372 e. The van der Waals surface area contributed by atoms with E-state index in [-0.39, 0.29) is 18.2 Å². The molecule has 1 unspecified atom stereocenters. The van der Waals surface area contributed by atoms with E-state index in [1.165, 1.54) is 12.3 Å². The van der Waals surface area contributed by atoms with Crippen LogP contribution >= 0.6 is 11.6 Å². The Bertz CT molecular complexity index is 495. The summed E-state index contributed by atoms with van der Waals surface area (Å²) in [5.74, 6) is -1.20. The minimum atomic E-state index is -0.625. The maximum Gasteiger partial charge on any atom is 0.249 e. The number of rotatable bonds is 3. The molecule has 18 heavy (non-hydrogen) atoms. The molecule has 1 aliphatic heterocycles. The molecule has 2 amide bonds. The lowest BCUT2D eigenvalue weighted by Gasteiger charge is -2.23. The molecule has 1 atom stereocenters. The Hall–Kier alpha value is -1.69. The summed E-state index contributed by atoms with van der Waals surface area (Å²) in [5.41, 5.74) is 1.02. The van der Waals surface area contributed by atoms with Crippen molar-refractivity contribution >= 4 is 29.1 Å². The number of imide groups is 1. The molecule has 1 aromatic heterocycles. The van der Waals surface area contributed by atoms with Gasteiger partial charge in [0.2, 0.25) is 17.8 Å². The molecule has 0 radical (unpaired) electrons. The van der Waals surface area contributed by atoms with Crippen molar-refractivity contribution in [3.8, 4) is 0 Å². The summed E-state index contributed by atoms with van der Waals surface area (Å²) >= 11 is 5.69. The minimum Gasteiger partial charge on any atom is -0.372 e. The molecule has 0 aromatic carbocycles. The topological polar surface area (TPSA) is 71.1 Å². The monoisotopic (exact) mass is 271 g/mol. The van der Waals surface area contributed by atoms with Crippen molar-refractivity contribution in [2.75, 3.05) is 5.32 Å². The number of piperidine rings is 1. The zero-order chi connectivity index (χ0) is 13.1. The number of nitrogens with zero attached hydrogens (tertiary/aromatic N) is 1. The number of hydrogen-bond acceptors (Lipinski definition) is 4. The predicted octanol–water partition coefficient (Wildman–Crippen LogP) is 1.18. The molecule has 0 bridgehead atoms. The number of carbonyl (C=O) groups is 2. The molecule has 2 rings (SSSR count). The van der Waals surface area contributed by atoms with Gasteiger partial charge < -0.3 is 5.32 Å². The number of anilines is 1. The molecule has 7 heteroatoms. The van der Waals surface area contributed by atoms with Crippen molar-refractivity contribution in [2.45, 2.75) is 24.8 Å². The van der Waals surface area contributed by atoms with Gasteiger partial charge in [-0.3, -0.25) is 14.9 Å². The summed E-state index contributed by atoms with van der Waals surface area (Å²) < 4.78 is 12.9. The second kappa shape index (κ2) is 5.30. The quantitative estimate of drug-likeness (QED) is 0.492. The summed E-state index contributed by atoms with van der Waals surface area (Å²) in [6.07, 6.45) is 1.95. The number of alkyl halides is 1. The van der Waals surface area contributed by atoms with E-state index in [9.17, 15) is 14.0 Å². The Morgan fingerprint density at radius 3 is 3.00 bits per heavy atom. The van der Waals surface area contributed by atoms with E-state index < -0.39 is 17.9 Å². The Labute approximate surface area is 108 Å². The van der Waals surface area contributed by atoms with Crippen LogP contribution in [0.3, 0.4) is 0 Å². The van der Waals surface area contributed by atoms with Crippen LogP contribution in [0.4, 0.5) is 10.1 Å². The van der Waals surface area contributed by atoms with Crippen LogP contribution in [-0.2, 0) is 15.5 Å². The van der Waals surface area contributed by atoms with Crippen LogP contribution in [0.2, 0.25) is 0 Å². The van der Waals surface area contributed by atoms with Gasteiger partial charge in [-0.2, -0.15) is 4.39 Å². The van der Waals surface area contributed by atoms with Gasteiger partial charge in [0.1, 0.15) is 6.04 Å². The van der Waals surface area contributed by atoms with E-state index in [1.807, 2.05) is 0 Å². The first kappa shape index (κ1) is 12.8. The molecule has 0 spiro atoms. The molecule has 1 fully saturated rings. The summed E-state index contributed by atoms with van der Waals surface area (Å²) in [4.78, 5) is 26.1. The van der Waals surface area contributed by atoms with E-state index in [0.717, 1.165) is 0 Å². The van der Waals surface area contributed by atoms with Gasteiger partial charge in [0.25, 0.3) is 0 Å². The van der Waals surface area contributed by atoms with E-state index >= 15 is 0 Å². The van der Waals surface area contributed by atoms with E-state index in [1.54, 1.807) is 0 Å². The normalized spacial score (nSPS) is 19.6. The van der Waals surface area contributed by atoms with Crippen LogP contribution in [0, 0.1) is 5.95 Å². The Balaban J connectivity index is 2.14. The smallest absolute Gasteiger partial charge is 0.249 e. The Morgan fingerprint density at radius 2 is 2.33 bits per heavy atom. The van der Waals surface area contributed by atoms with Gasteiger partial charge in [0.05, 0.1) is 11.9 Å². The number of hydrogen-bond donors (Lipinski definition) is 2. The fourth-order valence-electron chi connectivity index (χ4n) is 1.73. The van der Waals surface area contributed by atoms with Crippen LogP contribution in [-0.4, -0.2) is 22.8 Å². The average molecular weight is 272 g/mol. The summed E-state index contributed by atoms with van der Waals surface area (Å²) in [5, 5.41) is 5.15. The third kappa shape index (κ3) is 2.76. The maximum absolute atomic E-state index is 12.9. The van der Waals surface area contributed by atoms with E-state index in [2.05, 4.69) is 15.6 Å². The summed E-state index contributed by atoms with van der Waals surface area (Å²) in [6, 6.07) is 0.679. The highest BCUT2D eigenvalue weighted by molar-refractivity contribution is 6.17. The summed E-state index contributed by atoms with van der Waals surface area (Å²) in [7, 11) is 0. The van der Waals surface area contributed by atoms with Gasteiger partial charge in [0.15, 0.2) is 0 Å². The van der Waals surface area contributed by atoms with E-state index in [4.69, 9.17) is 11.6 Å². The van der Waals surface area contributed by atoms with E-state index in [0.29, 0.717) is 17.7 Å². The molecule has 2 N–H and O–H groups in total. The third-order valence-corrected chi connectivity index (χ3v) is 2.96. The van der Waals surface area contributed by atoms with Gasteiger partial charge >= 0.3 is 0 Å². The number of amides is 2. The molecule has 1 aromatic rings. The van der Waals surface area contributed by atoms with Crippen LogP contribution in [0.5, 0.6) is 0 Å². The zero-order valence-corrected chi connectivity index (χ0v) is 10.1. The van der Waals surface area contributed by atoms with Gasteiger partial charge in [0, 0.05) is 12.3 Å². The number of nitrogens with one attached hydrogen (secondary N) is 2. The van der Waals surface area contributed by atoms with Crippen LogP contribution in [0.25, 0.3) is 0 Å². The maximum atomic E-state index is 12.9. The number of pyridine rings is 1. The fourth-order valence-corrected chi connectivity index (χ4v) is 1.95. The van der Waals surface area contributed by atoms with Crippen LogP contribution < -0.4 is 10.6 Å². The first-order valence-corrected chi connectivity index (χ1v) is 5.94. The lowest BCUT2D eigenvalue weighted by Crippen LogP contribution is -2.47. The first-order chi connectivity index (χ1) is 8.60. The molecular weight excluding hydrogens is 261 g/mol. The lowest BCUT2D eigenvalue weighted by molar-refractivity contribution is -0.133. The fraction of sp³-hybridized carbons (Fsp3) is 0.364. The van der Waals surface area contributed by atoms with Crippen molar-refractivity contribution in [2.24, 2.45) is 0 Å². The third-order valence-electron chi connectivity index (χ3n) is 2.67. The molecule has 1 saturated heterocycles. The molecular formula is C11H11ClFN3O2. The number of carbonyl (C=O) groups excluding carboxylic acids is 2.